The largest absolute Gasteiger partial charge is 0.285 e. The molecule has 0 aromatic heterocycles. The van der Waals surface area contributed by atoms with Crippen molar-refractivity contribution in [1.29, 1.82) is 0 Å². The fourth-order valence-electron chi connectivity index (χ4n) is 1.55. The van der Waals surface area contributed by atoms with Crippen molar-refractivity contribution >= 4 is 11.9 Å². The SMILES string of the molecule is C=C.C=CCCC(=O)C#CCCC/C=C/c1ccccc1. The number of Topliss-reactive ketones (excluding diaryl/α,β-unsaturated/α-hetero) is 1. The molecule has 0 saturated heterocycles. The third-order valence-corrected chi connectivity index (χ3v) is 2.59. The molecule has 21 heavy (non-hydrogen) atoms. The summed E-state index contributed by atoms with van der Waals surface area (Å²) in [6, 6.07) is 10.2. The summed E-state index contributed by atoms with van der Waals surface area (Å²) in [6.07, 6.45) is 9.97. The van der Waals surface area contributed by atoms with Gasteiger partial charge in [0.1, 0.15) is 0 Å². The Bertz CT molecular complexity index is 486. The van der Waals surface area contributed by atoms with Crippen LogP contribution in [0.4, 0.5) is 0 Å². The van der Waals surface area contributed by atoms with E-state index in [1.165, 1.54) is 5.56 Å². The van der Waals surface area contributed by atoms with Gasteiger partial charge in [0.05, 0.1) is 0 Å². The van der Waals surface area contributed by atoms with Gasteiger partial charge < -0.3 is 0 Å². The molecule has 1 nitrogen and oxygen atoms in total. The number of allylic oxidation sites excluding steroid dienone is 2. The molecule has 1 rings (SSSR count). The number of unbranched alkanes of at least 4 members (excludes halogenated alkanes) is 2. The Hall–Kier alpha value is -2.33. The van der Waals surface area contributed by atoms with Crippen LogP contribution in [0.5, 0.6) is 0 Å². The van der Waals surface area contributed by atoms with E-state index in [4.69, 9.17) is 0 Å². The molecule has 0 fully saturated rings. The summed E-state index contributed by atoms with van der Waals surface area (Å²) in [5.41, 5.74) is 1.22. The first-order valence-electron chi connectivity index (χ1n) is 7.17. The molecule has 0 aliphatic rings. The second-order valence-corrected chi connectivity index (χ2v) is 4.26. The maximum atomic E-state index is 11.2. The Kier molecular flexibility index (Phi) is 12.5. The number of hydrogen-bond acceptors (Lipinski definition) is 1. The lowest BCUT2D eigenvalue weighted by molar-refractivity contribution is -0.113. The van der Waals surface area contributed by atoms with Crippen molar-refractivity contribution in [3.8, 4) is 11.8 Å². The third-order valence-electron chi connectivity index (χ3n) is 2.59. The molecule has 1 aromatic rings. The van der Waals surface area contributed by atoms with E-state index >= 15 is 0 Å². The Balaban J connectivity index is 0.00000191. The molecule has 0 heterocycles. The number of rotatable bonds is 7. The zero-order valence-corrected chi connectivity index (χ0v) is 12.7. The second kappa shape index (κ2) is 14.1. The predicted octanol–water partition coefficient (Wildman–Crippen LogP) is 5.21. The van der Waals surface area contributed by atoms with Gasteiger partial charge in [-0.2, -0.15) is 0 Å². The van der Waals surface area contributed by atoms with E-state index < -0.39 is 0 Å². The zero-order chi connectivity index (χ0) is 15.8. The predicted molar refractivity (Wildman–Crippen MR) is 92.8 cm³/mol. The Morgan fingerprint density at radius 2 is 1.86 bits per heavy atom. The lowest BCUT2D eigenvalue weighted by atomic mass is 10.1. The van der Waals surface area contributed by atoms with Crippen molar-refractivity contribution in [2.45, 2.75) is 32.1 Å². The lowest BCUT2D eigenvalue weighted by Gasteiger charge is -1.91. The van der Waals surface area contributed by atoms with Gasteiger partial charge >= 0.3 is 0 Å². The van der Waals surface area contributed by atoms with Gasteiger partial charge in [-0.15, -0.1) is 19.7 Å². The van der Waals surface area contributed by atoms with Crippen molar-refractivity contribution in [1.82, 2.24) is 0 Å². The zero-order valence-electron chi connectivity index (χ0n) is 12.7. The monoisotopic (exact) mass is 280 g/mol. The van der Waals surface area contributed by atoms with E-state index in [0.29, 0.717) is 12.8 Å². The molecule has 0 aliphatic heterocycles. The highest BCUT2D eigenvalue weighted by Gasteiger charge is 1.92. The molecule has 0 amide bonds. The molecule has 0 spiro atoms. The third kappa shape index (κ3) is 11.2. The summed E-state index contributed by atoms with van der Waals surface area (Å²) < 4.78 is 0. The molecule has 0 radical (unpaired) electrons. The summed E-state index contributed by atoms with van der Waals surface area (Å²) in [7, 11) is 0. The summed E-state index contributed by atoms with van der Waals surface area (Å²) >= 11 is 0. The summed E-state index contributed by atoms with van der Waals surface area (Å²) in [6.45, 7) is 9.58. The van der Waals surface area contributed by atoms with Crippen molar-refractivity contribution in [3.63, 3.8) is 0 Å². The van der Waals surface area contributed by atoms with Gasteiger partial charge in [0.15, 0.2) is 0 Å². The topological polar surface area (TPSA) is 17.1 Å². The molecule has 0 unspecified atom stereocenters. The van der Waals surface area contributed by atoms with Crippen LogP contribution in [0.1, 0.15) is 37.7 Å². The molecule has 1 heteroatoms. The average Bonchev–Trinajstić information content (AvgIpc) is 2.55. The van der Waals surface area contributed by atoms with Crippen molar-refractivity contribution in [3.05, 3.63) is 67.8 Å². The normalized spacial score (nSPS) is 9.14. The Morgan fingerprint density at radius 3 is 2.52 bits per heavy atom. The highest BCUT2D eigenvalue weighted by molar-refractivity contribution is 5.95. The number of carbonyl (C=O) groups is 1. The summed E-state index contributed by atoms with van der Waals surface area (Å²) in [5, 5.41) is 0. The number of hydrogen-bond donors (Lipinski definition) is 0. The van der Waals surface area contributed by atoms with Crippen LogP contribution in [-0.4, -0.2) is 5.78 Å². The molecule has 0 bridgehead atoms. The van der Waals surface area contributed by atoms with Gasteiger partial charge in [-0.25, -0.2) is 0 Å². The van der Waals surface area contributed by atoms with E-state index in [9.17, 15) is 4.79 Å². The van der Waals surface area contributed by atoms with Crippen molar-refractivity contribution in [2.24, 2.45) is 0 Å². The highest BCUT2D eigenvalue weighted by atomic mass is 16.1. The van der Waals surface area contributed by atoms with Gasteiger partial charge in [-0.3, -0.25) is 4.79 Å². The molecular weight excluding hydrogens is 256 g/mol. The molecule has 0 N–H and O–H groups in total. The first-order valence-corrected chi connectivity index (χ1v) is 7.17. The standard InChI is InChI=1S/C18H20O.C2H4/c1-2-3-15-18(19)16-11-6-4-5-8-12-17-13-9-7-10-14-17;1-2/h2,7-10,12-14H,1,3-6,15H2;1-2H2/b12-8+;. The van der Waals surface area contributed by atoms with Gasteiger partial charge in [-0.05, 0) is 30.7 Å². The fourth-order valence-corrected chi connectivity index (χ4v) is 1.55. The quantitative estimate of drug-likeness (QED) is 0.290. The second-order valence-electron chi connectivity index (χ2n) is 4.26. The first kappa shape index (κ1) is 18.7. The van der Waals surface area contributed by atoms with Crippen molar-refractivity contribution in [2.75, 3.05) is 0 Å². The van der Waals surface area contributed by atoms with E-state index in [-0.39, 0.29) is 5.78 Å². The summed E-state index contributed by atoms with van der Waals surface area (Å²) in [5.74, 6) is 5.60. The van der Waals surface area contributed by atoms with Gasteiger partial charge in [-0.1, -0.05) is 54.5 Å². The van der Waals surface area contributed by atoms with E-state index in [1.54, 1.807) is 6.08 Å². The maximum Gasteiger partial charge on any atom is 0.205 e. The van der Waals surface area contributed by atoms with Crippen LogP contribution in [0, 0.1) is 11.8 Å². The molecule has 110 valence electrons. The average molecular weight is 280 g/mol. The molecule has 0 atom stereocenters. The molecule has 0 aliphatic carbocycles. The van der Waals surface area contributed by atoms with E-state index in [1.807, 2.05) is 18.2 Å². The minimum Gasteiger partial charge on any atom is -0.285 e. The Morgan fingerprint density at radius 1 is 1.14 bits per heavy atom. The maximum absolute atomic E-state index is 11.2. The first-order chi connectivity index (χ1) is 10.3. The number of carbonyl (C=O) groups excluding carboxylic acids is 1. The lowest BCUT2D eigenvalue weighted by Crippen LogP contribution is -1.90. The Labute approximate surface area is 129 Å². The van der Waals surface area contributed by atoms with Crippen LogP contribution in [0.25, 0.3) is 6.08 Å². The molecule has 0 saturated carbocycles. The van der Waals surface area contributed by atoms with E-state index in [0.717, 1.165) is 19.3 Å². The van der Waals surface area contributed by atoms with Gasteiger partial charge in [0.2, 0.25) is 5.78 Å². The molecule has 1 aromatic carbocycles. The fraction of sp³-hybridized carbons (Fsp3) is 0.250. The van der Waals surface area contributed by atoms with Crippen molar-refractivity contribution < 1.29 is 4.79 Å². The van der Waals surface area contributed by atoms with E-state index in [2.05, 4.69) is 55.9 Å². The van der Waals surface area contributed by atoms with Gasteiger partial charge in [0, 0.05) is 12.8 Å². The van der Waals surface area contributed by atoms with Crippen LogP contribution in [0.3, 0.4) is 0 Å². The minimum absolute atomic E-state index is 0.0136. The summed E-state index contributed by atoms with van der Waals surface area (Å²) in [4.78, 5) is 11.2. The van der Waals surface area contributed by atoms with Gasteiger partial charge in [0.25, 0.3) is 0 Å². The van der Waals surface area contributed by atoms with Crippen LogP contribution < -0.4 is 0 Å². The van der Waals surface area contributed by atoms with Crippen LogP contribution in [-0.2, 0) is 4.79 Å². The minimum atomic E-state index is 0.0136. The molecular formula is C20H24O. The smallest absolute Gasteiger partial charge is 0.205 e. The van der Waals surface area contributed by atoms with Crippen LogP contribution in [0.2, 0.25) is 0 Å². The number of ketones is 1. The van der Waals surface area contributed by atoms with Crippen LogP contribution >= 0.6 is 0 Å². The van der Waals surface area contributed by atoms with Crippen LogP contribution in [0.15, 0.2) is 62.2 Å². The highest BCUT2D eigenvalue weighted by Crippen LogP contribution is 2.03. The number of benzene rings is 1.